The Kier molecular flexibility index (Phi) is 6.64. The number of carbonyl (C=O) groups is 1. The van der Waals surface area contributed by atoms with Gasteiger partial charge >= 0.3 is 30.2 Å². The van der Waals surface area contributed by atoms with E-state index < -0.39 is 48.2 Å². The van der Waals surface area contributed by atoms with Gasteiger partial charge < -0.3 is 4.90 Å². The van der Waals surface area contributed by atoms with E-state index in [1.54, 1.807) is 0 Å². The Morgan fingerprint density at radius 1 is 0.731 bits per heavy atom. The van der Waals surface area contributed by atoms with Gasteiger partial charge in [0.05, 0.1) is 0 Å². The molecule has 0 unspecified atom stereocenters. The van der Waals surface area contributed by atoms with Gasteiger partial charge in [0.2, 0.25) is 0 Å². The highest BCUT2D eigenvalue weighted by molar-refractivity contribution is 5.85. The average Bonchev–Trinajstić information content (AvgIpc) is 2.33. The Hall–Kier alpha value is -1.34. The van der Waals surface area contributed by atoms with Crippen LogP contribution in [0.1, 0.15) is 27.7 Å². The predicted octanol–water partition coefficient (Wildman–Crippen LogP) is 4.67. The minimum Gasteiger partial charge on any atom is -0.333 e. The molecular formula is C12H14F11NO2. The summed E-state index contributed by atoms with van der Waals surface area (Å²) in [6, 6.07) is -2.53. The standard InChI is InChI=1S/C12H14F11NO2/c1-5(2)24(6(3)4)7(25)8(13,10(16,17)18)26-12(22,23)9(14,15)11(19,20)21/h5-6H,1-4H3/t8-/m0/s1. The Labute approximate surface area is 140 Å². The van der Waals surface area contributed by atoms with Crippen molar-refractivity contribution in [2.24, 2.45) is 0 Å². The molecule has 26 heavy (non-hydrogen) atoms. The van der Waals surface area contributed by atoms with Gasteiger partial charge in [-0.25, -0.2) is 0 Å². The number of nitrogens with zero attached hydrogens (tertiary/aromatic N) is 1. The number of amides is 1. The third-order valence-corrected chi connectivity index (χ3v) is 2.98. The third kappa shape index (κ3) is 4.31. The summed E-state index contributed by atoms with van der Waals surface area (Å²) in [6.45, 7) is 4.10. The van der Waals surface area contributed by atoms with E-state index in [2.05, 4.69) is 4.74 Å². The maximum atomic E-state index is 14.2. The molecule has 0 aromatic heterocycles. The SMILES string of the molecule is CC(C)N(C(=O)[C@](F)(OC(F)(F)C(F)(F)C(F)(F)F)C(F)(F)F)C(C)C. The fraction of sp³-hybridized carbons (Fsp3) is 0.917. The molecule has 0 heterocycles. The van der Waals surface area contributed by atoms with Crippen LogP contribution in [-0.4, -0.2) is 53.1 Å². The van der Waals surface area contributed by atoms with Crippen molar-refractivity contribution in [3.05, 3.63) is 0 Å². The zero-order valence-electron chi connectivity index (χ0n) is 13.6. The zero-order chi connectivity index (χ0) is 21.5. The quantitative estimate of drug-likeness (QED) is 0.593. The van der Waals surface area contributed by atoms with Gasteiger partial charge in [0, 0.05) is 12.1 Å². The number of hydrogen-bond donors (Lipinski definition) is 0. The van der Waals surface area contributed by atoms with Crippen LogP contribution in [0.5, 0.6) is 0 Å². The van der Waals surface area contributed by atoms with Gasteiger partial charge in [-0.2, -0.15) is 48.3 Å². The van der Waals surface area contributed by atoms with Crippen molar-refractivity contribution in [2.75, 3.05) is 0 Å². The molecule has 0 aliphatic rings. The van der Waals surface area contributed by atoms with Gasteiger partial charge in [-0.1, -0.05) is 0 Å². The van der Waals surface area contributed by atoms with Gasteiger partial charge in [-0.05, 0) is 27.7 Å². The number of hydrogen-bond acceptors (Lipinski definition) is 2. The van der Waals surface area contributed by atoms with E-state index in [1.165, 1.54) is 0 Å². The van der Waals surface area contributed by atoms with E-state index in [0.29, 0.717) is 0 Å². The molecule has 0 aromatic carbocycles. The summed E-state index contributed by atoms with van der Waals surface area (Å²) in [4.78, 5) is 11.8. The Balaban J connectivity index is 6.27. The van der Waals surface area contributed by atoms with Crippen molar-refractivity contribution in [3.8, 4) is 0 Å². The van der Waals surface area contributed by atoms with Crippen molar-refractivity contribution >= 4 is 5.91 Å². The molecule has 0 aliphatic heterocycles. The molecule has 0 spiro atoms. The topological polar surface area (TPSA) is 29.5 Å². The molecule has 14 heteroatoms. The lowest BCUT2D eigenvalue weighted by Gasteiger charge is -2.39. The number of ether oxygens (including phenoxy) is 1. The fourth-order valence-electron chi connectivity index (χ4n) is 1.86. The van der Waals surface area contributed by atoms with Crippen molar-refractivity contribution in [2.45, 2.75) is 70.0 Å². The van der Waals surface area contributed by atoms with Crippen molar-refractivity contribution in [1.29, 1.82) is 0 Å². The van der Waals surface area contributed by atoms with E-state index in [0.717, 1.165) is 27.7 Å². The Bertz CT molecular complexity index is 504. The second-order valence-electron chi connectivity index (χ2n) is 5.68. The van der Waals surface area contributed by atoms with Crippen LogP contribution in [0, 0.1) is 0 Å². The monoisotopic (exact) mass is 413 g/mol. The number of carbonyl (C=O) groups excluding carboxylic acids is 1. The van der Waals surface area contributed by atoms with Crippen LogP contribution in [0.25, 0.3) is 0 Å². The largest absolute Gasteiger partial charge is 0.462 e. The minimum absolute atomic E-state index is 0.00923. The van der Waals surface area contributed by atoms with Crippen molar-refractivity contribution < 1.29 is 57.8 Å². The normalized spacial score (nSPS) is 16.8. The van der Waals surface area contributed by atoms with Gasteiger partial charge in [0.15, 0.2) is 0 Å². The van der Waals surface area contributed by atoms with E-state index in [4.69, 9.17) is 0 Å². The third-order valence-electron chi connectivity index (χ3n) is 2.98. The van der Waals surface area contributed by atoms with E-state index in [9.17, 15) is 53.1 Å². The molecule has 0 fully saturated rings. The highest BCUT2D eigenvalue weighted by Gasteiger charge is 2.80. The fourth-order valence-corrected chi connectivity index (χ4v) is 1.86. The molecule has 0 saturated carbocycles. The van der Waals surface area contributed by atoms with E-state index in [-0.39, 0.29) is 4.90 Å². The van der Waals surface area contributed by atoms with Crippen LogP contribution in [-0.2, 0) is 9.53 Å². The van der Waals surface area contributed by atoms with Crippen molar-refractivity contribution in [1.82, 2.24) is 4.90 Å². The molecule has 3 nitrogen and oxygen atoms in total. The maximum absolute atomic E-state index is 14.2. The molecule has 0 rings (SSSR count). The lowest BCUT2D eigenvalue weighted by Crippen LogP contribution is -2.65. The molecule has 0 aliphatic carbocycles. The summed E-state index contributed by atoms with van der Waals surface area (Å²) in [5, 5.41) is 0. The molecule has 0 N–H and O–H groups in total. The lowest BCUT2D eigenvalue weighted by atomic mass is 10.1. The maximum Gasteiger partial charge on any atom is 0.462 e. The first-order valence-electron chi connectivity index (χ1n) is 6.74. The molecule has 1 atom stereocenters. The molecular weight excluding hydrogens is 399 g/mol. The summed E-state index contributed by atoms with van der Waals surface area (Å²) in [5.74, 6) is -16.3. The van der Waals surface area contributed by atoms with Gasteiger partial charge in [-0.3, -0.25) is 9.53 Å². The van der Waals surface area contributed by atoms with Crippen LogP contribution in [0.2, 0.25) is 0 Å². The molecule has 0 saturated heterocycles. The van der Waals surface area contributed by atoms with Crippen LogP contribution in [0.4, 0.5) is 48.3 Å². The Morgan fingerprint density at radius 3 is 1.31 bits per heavy atom. The average molecular weight is 413 g/mol. The molecule has 1 amide bonds. The van der Waals surface area contributed by atoms with Gasteiger partial charge in [-0.15, -0.1) is 0 Å². The summed E-state index contributed by atoms with van der Waals surface area (Å²) in [7, 11) is 0. The second kappa shape index (κ2) is 7.00. The Morgan fingerprint density at radius 2 is 1.08 bits per heavy atom. The molecule has 0 radical (unpaired) electrons. The van der Waals surface area contributed by atoms with Crippen molar-refractivity contribution in [3.63, 3.8) is 0 Å². The van der Waals surface area contributed by atoms with E-state index >= 15 is 0 Å². The smallest absolute Gasteiger partial charge is 0.333 e. The first kappa shape index (κ1) is 24.7. The number of halogens is 11. The molecule has 0 aromatic rings. The number of alkyl halides is 11. The van der Waals surface area contributed by atoms with E-state index in [1.807, 2.05) is 0 Å². The van der Waals surface area contributed by atoms with Gasteiger partial charge in [0.25, 0.3) is 5.91 Å². The summed E-state index contributed by atoms with van der Waals surface area (Å²) >= 11 is 0. The zero-order valence-corrected chi connectivity index (χ0v) is 13.6. The van der Waals surface area contributed by atoms with Crippen LogP contribution in [0.3, 0.4) is 0 Å². The molecule has 156 valence electrons. The number of rotatable bonds is 6. The first-order chi connectivity index (χ1) is 11.1. The summed E-state index contributed by atoms with van der Waals surface area (Å²) < 4.78 is 143. The highest BCUT2D eigenvalue weighted by Crippen LogP contribution is 2.51. The highest BCUT2D eigenvalue weighted by atomic mass is 19.4. The summed E-state index contributed by atoms with van der Waals surface area (Å²) in [5.41, 5.74) is 0. The van der Waals surface area contributed by atoms with Crippen LogP contribution >= 0.6 is 0 Å². The lowest BCUT2D eigenvalue weighted by molar-refractivity contribution is -0.474. The molecule has 0 bridgehead atoms. The second-order valence-corrected chi connectivity index (χ2v) is 5.68. The minimum atomic E-state index is -7.20. The van der Waals surface area contributed by atoms with Gasteiger partial charge in [0.1, 0.15) is 0 Å². The van der Waals surface area contributed by atoms with Crippen LogP contribution < -0.4 is 0 Å². The summed E-state index contributed by atoms with van der Waals surface area (Å²) in [6.07, 6.45) is -20.8. The predicted molar refractivity (Wildman–Crippen MR) is 64.0 cm³/mol. The first-order valence-corrected chi connectivity index (χ1v) is 6.74. The van der Waals surface area contributed by atoms with Crippen LogP contribution in [0.15, 0.2) is 0 Å².